The fraction of sp³-hybridized carbons (Fsp3) is 0.333. The normalized spacial score (nSPS) is 12.1. The first-order valence-electron chi connectivity index (χ1n) is 8.43. The number of anilines is 1. The third-order valence-corrected chi connectivity index (χ3v) is 4.34. The van der Waals surface area contributed by atoms with Gasteiger partial charge in [0.1, 0.15) is 0 Å². The highest BCUT2D eigenvalue weighted by molar-refractivity contribution is 7.80. The molecule has 2 aromatic carbocycles. The lowest BCUT2D eigenvalue weighted by atomic mass is 9.86. The van der Waals surface area contributed by atoms with E-state index < -0.39 is 0 Å². The van der Waals surface area contributed by atoms with Crippen molar-refractivity contribution >= 4 is 23.0 Å². The largest absolute Gasteiger partial charge is 0.356 e. The first-order valence-corrected chi connectivity index (χ1v) is 8.84. The molecule has 0 spiro atoms. The SMILES string of the molecule is CC(NC(=S)Nc1ccc(CC#N)cc1)c1ccc(C(C)(C)C)cc1. The van der Waals surface area contributed by atoms with E-state index in [1.54, 1.807) is 0 Å². The first kappa shape index (κ1) is 19.0. The highest BCUT2D eigenvalue weighted by Crippen LogP contribution is 2.24. The Morgan fingerprint density at radius 1 is 1.08 bits per heavy atom. The molecule has 0 fully saturated rings. The number of nitrogens with one attached hydrogen (secondary N) is 2. The number of rotatable bonds is 4. The lowest BCUT2D eigenvalue weighted by Gasteiger charge is -2.21. The van der Waals surface area contributed by atoms with Crippen LogP contribution in [0.4, 0.5) is 5.69 Å². The topological polar surface area (TPSA) is 47.8 Å². The zero-order valence-corrected chi connectivity index (χ0v) is 16.1. The van der Waals surface area contributed by atoms with Crippen molar-refractivity contribution in [3.63, 3.8) is 0 Å². The number of hydrogen-bond donors (Lipinski definition) is 2. The van der Waals surface area contributed by atoms with Crippen molar-refractivity contribution in [2.45, 2.75) is 45.6 Å². The summed E-state index contributed by atoms with van der Waals surface area (Å²) in [7, 11) is 0. The van der Waals surface area contributed by atoms with Gasteiger partial charge in [0.05, 0.1) is 18.5 Å². The third kappa shape index (κ3) is 5.58. The summed E-state index contributed by atoms with van der Waals surface area (Å²) in [6.07, 6.45) is 0.421. The molecule has 130 valence electrons. The molecule has 1 unspecified atom stereocenters. The highest BCUT2D eigenvalue weighted by atomic mass is 32.1. The summed E-state index contributed by atoms with van der Waals surface area (Å²) >= 11 is 5.41. The maximum Gasteiger partial charge on any atom is 0.171 e. The van der Waals surface area contributed by atoms with Crippen LogP contribution in [0.5, 0.6) is 0 Å². The molecule has 0 aliphatic heterocycles. The standard InChI is InChI=1S/C21H25N3S/c1-15(17-7-9-18(10-8-17)21(2,3)4)23-20(25)24-19-11-5-16(6-12-19)13-14-22/h5-12,15H,13H2,1-4H3,(H2,23,24,25). The summed E-state index contributed by atoms with van der Waals surface area (Å²) in [6, 6.07) is 18.7. The summed E-state index contributed by atoms with van der Waals surface area (Å²) in [4.78, 5) is 0. The Balaban J connectivity index is 1.94. The van der Waals surface area contributed by atoms with E-state index in [0.717, 1.165) is 11.3 Å². The number of thiocarbonyl (C=S) groups is 1. The van der Waals surface area contributed by atoms with Gasteiger partial charge in [-0.05, 0) is 53.4 Å². The van der Waals surface area contributed by atoms with Crippen LogP contribution in [0.3, 0.4) is 0 Å². The molecule has 2 aromatic rings. The Morgan fingerprint density at radius 3 is 2.20 bits per heavy atom. The minimum Gasteiger partial charge on any atom is -0.356 e. The molecule has 3 nitrogen and oxygen atoms in total. The summed E-state index contributed by atoms with van der Waals surface area (Å²) < 4.78 is 0. The van der Waals surface area contributed by atoms with Crippen LogP contribution >= 0.6 is 12.2 Å². The van der Waals surface area contributed by atoms with Gasteiger partial charge in [-0.1, -0.05) is 57.2 Å². The maximum atomic E-state index is 8.71. The van der Waals surface area contributed by atoms with Crippen LogP contribution in [0, 0.1) is 11.3 Å². The summed E-state index contributed by atoms with van der Waals surface area (Å²) in [5, 5.41) is 15.8. The van der Waals surface area contributed by atoms with Gasteiger partial charge in [-0.25, -0.2) is 0 Å². The van der Waals surface area contributed by atoms with Gasteiger partial charge < -0.3 is 10.6 Å². The van der Waals surface area contributed by atoms with Crippen LogP contribution in [-0.4, -0.2) is 5.11 Å². The monoisotopic (exact) mass is 351 g/mol. The van der Waals surface area contributed by atoms with Crippen molar-refractivity contribution in [2.75, 3.05) is 5.32 Å². The van der Waals surface area contributed by atoms with E-state index in [0.29, 0.717) is 11.5 Å². The molecule has 0 saturated carbocycles. The summed E-state index contributed by atoms with van der Waals surface area (Å²) in [6.45, 7) is 8.73. The minimum absolute atomic E-state index is 0.117. The van der Waals surface area contributed by atoms with E-state index in [-0.39, 0.29) is 11.5 Å². The zero-order chi connectivity index (χ0) is 18.4. The third-order valence-electron chi connectivity index (χ3n) is 4.12. The Bertz CT molecular complexity index is 750. The van der Waals surface area contributed by atoms with E-state index in [1.807, 2.05) is 24.3 Å². The molecule has 4 heteroatoms. The van der Waals surface area contributed by atoms with Crippen LogP contribution in [0.25, 0.3) is 0 Å². The molecule has 25 heavy (non-hydrogen) atoms. The second kappa shape index (κ2) is 8.13. The molecular weight excluding hydrogens is 326 g/mol. The van der Waals surface area contributed by atoms with Gasteiger partial charge in [-0.3, -0.25) is 0 Å². The van der Waals surface area contributed by atoms with Gasteiger partial charge >= 0.3 is 0 Å². The van der Waals surface area contributed by atoms with Gasteiger partial charge in [0.15, 0.2) is 5.11 Å². The Labute approximate surface area is 156 Å². The molecule has 0 aliphatic carbocycles. The van der Waals surface area contributed by atoms with Crippen LogP contribution in [-0.2, 0) is 11.8 Å². The van der Waals surface area contributed by atoms with E-state index >= 15 is 0 Å². The number of hydrogen-bond acceptors (Lipinski definition) is 2. The molecule has 0 bridgehead atoms. The minimum atomic E-state index is 0.117. The van der Waals surface area contributed by atoms with Crippen molar-refractivity contribution in [1.29, 1.82) is 5.26 Å². The van der Waals surface area contributed by atoms with Crippen LogP contribution < -0.4 is 10.6 Å². The quantitative estimate of drug-likeness (QED) is 0.753. The molecule has 2 rings (SSSR count). The van der Waals surface area contributed by atoms with E-state index in [2.05, 4.69) is 68.7 Å². The van der Waals surface area contributed by atoms with Gasteiger partial charge in [0, 0.05) is 5.69 Å². The van der Waals surface area contributed by atoms with Crippen LogP contribution in [0.2, 0.25) is 0 Å². The number of nitriles is 1. The predicted octanol–water partition coefficient (Wildman–Crippen LogP) is 5.10. The van der Waals surface area contributed by atoms with Gasteiger partial charge in [-0.2, -0.15) is 5.26 Å². The highest BCUT2D eigenvalue weighted by Gasteiger charge is 2.14. The smallest absolute Gasteiger partial charge is 0.171 e. The molecule has 0 amide bonds. The van der Waals surface area contributed by atoms with Crippen LogP contribution in [0.15, 0.2) is 48.5 Å². The number of benzene rings is 2. The fourth-order valence-corrected chi connectivity index (χ4v) is 2.81. The molecule has 0 saturated heterocycles. The van der Waals surface area contributed by atoms with E-state index in [1.165, 1.54) is 11.1 Å². The van der Waals surface area contributed by atoms with Crippen molar-refractivity contribution in [1.82, 2.24) is 5.32 Å². The molecule has 1 atom stereocenters. The molecule has 0 aromatic heterocycles. The van der Waals surface area contributed by atoms with Crippen molar-refractivity contribution in [2.24, 2.45) is 0 Å². The van der Waals surface area contributed by atoms with Crippen molar-refractivity contribution < 1.29 is 0 Å². The lowest BCUT2D eigenvalue weighted by molar-refractivity contribution is 0.589. The van der Waals surface area contributed by atoms with Gasteiger partial charge in [0.25, 0.3) is 0 Å². The van der Waals surface area contributed by atoms with Crippen molar-refractivity contribution in [3.8, 4) is 6.07 Å². The molecular formula is C21H25N3S. The van der Waals surface area contributed by atoms with E-state index in [9.17, 15) is 0 Å². The first-order chi connectivity index (χ1) is 11.8. The van der Waals surface area contributed by atoms with Crippen molar-refractivity contribution in [3.05, 3.63) is 65.2 Å². The van der Waals surface area contributed by atoms with E-state index in [4.69, 9.17) is 17.5 Å². The fourth-order valence-electron chi connectivity index (χ4n) is 2.52. The Morgan fingerprint density at radius 2 is 1.68 bits per heavy atom. The van der Waals surface area contributed by atoms with Gasteiger partial charge in [-0.15, -0.1) is 0 Å². The Hall–Kier alpha value is -2.38. The Kier molecular flexibility index (Phi) is 6.17. The average molecular weight is 352 g/mol. The molecule has 0 radical (unpaired) electrons. The lowest BCUT2D eigenvalue weighted by Crippen LogP contribution is -2.30. The second-order valence-corrected chi connectivity index (χ2v) is 7.63. The van der Waals surface area contributed by atoms with Crippen LogP contribution in [0.1, 0.15) is 50.4 Å². The molecule has 0 heterocycles. The average Bonchev–Trinajstić information content (AvgIpc) is 2.56. The maximum absolute atomic E-state index is 8.71. The predicted molar refractivity (Wildman–Crippen MR) is 109 cm³/mol. The summed E-state index contributed by atoms with van der Waals surface area (Å²) in [5.74, 6) is 0. The molecule has 0 aliphatic rings. The number of nitrogens with zero attached hydrogens (tertiary/aromatic N) is 1. The van der Waals surface area contributed by atoms with Gasteiger partial charge in [0.2, 0.25) is 0 Å². The summed E-state index contributed by atoms with van der Waals surface area (Å²) in [5.41, 5.74) is 4.58. The zero-order valence-electron chi connectivity index (χ0n) is 15.3. The second-order valence-electron chi connectivity index (χ2n) is 7.22. The molecule has 2 N–H and O–H groups in total.